The summed E-state index contributed by atoms with van der Waals surface area (Å²) in [6.45, 7) is 7.03. The summed E-state index contributed by atoms with van der Waals surface area (Å²) in [7, 11) is -3.60. The average molecular weight is 517 g/mol. The van der Waals surface area contributed by atoms with Crippen molar-refractivity contribution in [3.8, 4) is 22.9 Å². The molecule has 0 aliphatic carbocycles. The van der Waals surface area contributed by atoms with Crippen molar-refractivity contribution in [2.75, 3.05) is 26.2 Å². The van der Waals surface area contributed by atoms with Crippen LogP contribution < -0.4 is 0 Å². The van der Waals surface area contributed by atoms with Crippen LogP contribution in [0, 0.1) is 20.8 Å². The van der Waals surface area contributed by atoms with E-state index in [9.17, 15) is 13.2 Å². The number of carbonyl (C=O) groups is 1. The standard InChI is InChI=1S/C28H28N4O4S/c1-19-4-7-22(8-5-19)26-29-30-27(36-26)23-9-11-24(12-10-23)28(33)31-14-16-32(17-15-31)37(34,35)25-13-6-20(2)21(3)18-25/h4-13,18H,14-17H2,1-3H3. The monoisotopic (exact) mass is 516 g/mol. The molecule has 1 aliphatic heterocycles. The lowest BCUT2D eigenvalue weighted by atomic mass is 10.1. The molecule has 0 atom stereocenters. The molecule has 0 unspecified atom stereocenters. The lowest BCUT2D eigenvalue weighted by molar-refractivity contribution is 0.0698. The van der Waals surface area contributed by atoms with E-state index in [1.807, 2.05) is 51.1 Å². The fourth-order valence-electron chi connectivity index (χ4n) is 4.25. The van der Waals surface area contributed by atoms with Crippen LogP contribution in [0.25, 0.3) is 22.9 Å². The van der Waals surface area contributed by atoms with Crippen LogP contribution in [0.15, 0.2) is 76.0 Å². The van der Waals surface area contributed by atoms with Crippen LogP contribution in [-0.4, -0.2) is 59.9 Å². The number of hydrogen-bond acceptors (Lipinski definition) is 6. The first kappa shape index (κ1) is 24.9. The zero-order valence-corrected chi connectivity index (χ0v) is 21.8. The zero-order chi connectivity index (χ0) is 26.2. The SMILES string of the molecule is Cc1ccc(-c2nnc(-c3ccc(C(=O)N4CCN(S(=O)(=O)c5ccc(C)c(C)c5)CC4)cc3)o2)cc1. The van der Waals surface area contributed by atoms with Crippen molar-refractivity contribution in [1.82, 2.24) is 19.4 Å². The Bertz CT molecular complexity index is 1540. The van der Waals surface area contributed by atoms with Gasteiger partial charge in [0, 0.05) is 42.9 Å². The minimum absolute atomic E-state index is 0.138. The molecular weight excluding hydrogens is 488 g/mol. The molecule has 37 heavy (non-hydrogen) atoms. The van der Waals surface area contributed by atoms with E-state index in [2.05, 4.69) is 10.2 Å². The van der Waals surface area contributed by atoms with Gasteiger partial charge in [0.2, 0.25) is 21.8 Å². The van der Waals surface area contributed by atoms with Crippen molar-refractivity contribution < 1.29 is 17.6 Å². The van der Waals surface area contributed by atoms with Crippen LogP contribution in [0.5, 0.6) is 0 Å². The number of piperazine rings is 1. The third-order valence-electron chi connectivity index (χ3n) is 6.74. The highest BCUT2D eigenvalue weighted by Crippen LogP contribution is 2.25. The summed E-state index contributed by atoms with van der Waals surface area (Å²) in [5.41, 5.74) is 5.21. The Labute approximate surface area is 216 Å². The van der Waals surface area contributed by atoms with Gasteiger partial charge in [0.15, 0.2) is 0 Å². The molecule has 0 saturated carbocycles. The maximum absolute atomic E-state index is 13.1. The molecule has 4 aromatic rings. The largest absolute Gasteiger partial charge is 0.416 e. The average Bonchev–Trinajstić information content (AvgIpc) is 3.41. The van der Waals surface area contributed by atoms with E-state index in [0.717, 1.165) is 22.3 Å². The Morgan fingerprint density at radius 2 is 1.32 bits per heavy atom. The molecule has 0 bridgehead atoms. The molecule has 0 spiro atoms. The second kappa shape index (κ2) is 9.91. The number of rotatable bonds is 5. The minimum atomic E-state index is -3.60. The summed E-state index contributed by atoms with van der Waals surface area (Å²) in [5.74, 6) is 0.671. The van der Waals surface area contributed by atoms with Gasteiger partial charge in [-0.15, -0.1) is 10.2 Å². The summed E-state index contributed by atoms with van der Waals surface area (Å²) < 4.78 is 33.4. The van der Waals surface area contributed by atoms with Crippen molar-refractivity contribution >= 4 is 15.9 Å². The minimum Gasteiger partial charge on any atom is -0.416 e. The molecule has 0 N–H and O–H groups in total. The molecular formula is C28H28N4O4S. The molecule has 0 radical (unpaired) electrons. The van der Waals surface area contributed by atoms with Gasteiger partial charge in [-0.3, -0.25) is 4.79 Å². The Kier molecular flexibility index (Phi) is 6.66. The maximum atomic E-state index is 13.1. The van der Waals surface area contributed by atoms with E-state index in [1.165, 1.54) is 4.31 Å². The van der Waals surface area contributed by atoms with Gasteiger partial charge in [0.05, 0.1) is 4.90 Å². The first-order chi connectivity index (χ1) is 17.7. The summed E-state index contributed by atoms with van der Waals surface area (Å²) >= 11 is 0. The number of aryl methyl sites for hydroxylation is 3. The maximum Gasteiger partial charge on any atom is 0.253 e. The fraction of sp³-hybridized carbons (Fsp3) is 0.250. The van der Waals surface area contributed by atoms with Gasteiger partial charge in [-0.25, -0.2) is 8.42 Å². The van der Waals surface area contributed by atoms with E-state index < -0.39 is 10.0 Å². The molecule has 1 aliphatic rings. The second-order valence-corrected chi connectivity index (χ2v) is 11.2. The van der Waals surface area contributed by atoms with E-state index in [-0.39, 0.29) is 23.9 Å². The third-order valence-corrected chi connectivity index (χ3v) is 8.64. The topological polar surface area (TPSA) is 96.6 Å². The molecule has 5 rings (SSSR count). The van der Waals surface area contributed by atoms with Crippen LogP contribution in [0.3, 0.4) is 0 Å². The van der Waals surface area contributed by atoms with Gasteiger partial charge in [0.1, 0.15) is 0 Å². The van der Waals surface area contributed by atoms with E-state index in [1.54, 1.807) is 41.3 Å². The number of amides is 1. The van der Waals surface area contributed by atoms with Gasteiger partial charge >= 0.3 is 0 Å². The molecule has 3 aromatic carbocycles. The first-order valence-corrected chi connectivity index (χ1v) is 13.5. The van der Waals surface area contributed by atoms with Crippen molar-refractivity contribution in [3.63, 3.8) is 0 Å². The fourth-order valence-corrected chi connectivity index (χ4v) is 5.75. The lowest BCUT2D eigenvalue weighted by Gasteiger charge is -2.34. The first-order valence-electron chi connectivity index (χ1n) is 12.1. The number of aromatic nitrogens is 2. The number of nitrogens with zero attached hydrogens (tertiary/aromatic N) is 4. The Hall–Kier alpha value is -3.82. The van der Waals surface area contributed by atoms with Crippen LogP contribution >= 0.6 is 0 Å². The molecule has 1 aromatic heterocycles. The van der Waals surface area contributed by atoms with Gasteiger partial charge in [0.25, 0.3) is 5.91 Å². The zero-order valence-electron chi connectivity index (χ0n) is 21.0. The Morgan fingerprint density at radius 3 is 1.89 bits per heavy atom. The van der Waals surface area contributed by atoms with E-state index in [0.29, 0.717) is 36.0 Å². The molecule has 1 fully saturated rings. The molecule has 190 valence electrons. The summed E-state index contributed by atoms with van der Waals surface area (Å²) in [5, 5.41) is 8.28. The van der Waals surface area contributed by atoms with Gasteiger partial charge in [-0.1, -0.05) is 23.8 Å². The highest BCUT2D eigenvalue weighted by Gasteiger charge is 2.30. The van der Waals surface area contributed by atoms with Crippen molar-refractivity contribution in [3.05, 3.63) is 89.0 Å². The third kappa shape index (κ3) is 5.05. The van der Waals surface area contributed by atoms with Crippen molar-refractivity contribution in [2.45, 2.75) is 25.7 Å². The predicted octanol–water partition coefficient (Wildman–Crippen LogP) is 4.48. The van der Waals surface area contributed by atoms with E-state index >= 15 is 0 Å². The van der Waals surface area contributed by atoms with Crippen LogP contribution in [-0.2, 0) is 10.0 Å². The Morgan fingerprint density at radius 1 is 0.757 bits per heavy atom. The highest BCUT2D eigenvalue weighted by molar-refractivity contribution is 7.89. The summed E-state index contributed by atoms with van der Waals surface area (Å²) in [6, 6.07) is 20.0. The highest BCUT2D eigenvalue weighted by atomic mass is 32.2. The normalized spacial score (nSPS) is 14.6. The number of carbonyl (C=O) groups excluding carboxylic acids is 1. The molecule has 1 amide bonds. The smallest absolute Gasteiger partial charge is 0.253 e. The van der Waals surface area contributed by atoms with E-state index in [4.69, 9.17) is 4.42 Å². The van der Waals surface area contributed by atoms with Crippen LogP contribution in [0.2, 0.25) is 0 Å². The second-order valence-electron chi connectivity index (χ2n) is 9.30. The predicted molar refractivity (Wildman–Crippen MR) is 140 cm³/mol. The number of benzene rings is 3. The van der Waals surface area contributed by atoms with Gasteiger partial charge < -0.3 is 9.32 Å². The number of sulfonamides is 1. The van der Waals surface area contributed by atoms with Crippen molar-refractivity contribution in [2.24, 2.45) is 0 Å². The van der Waals surface area contributed by atoms with Gasteiger partial charge in [-0.05, 0) is 80.4 Å². The summed E-state index contributed by atoms with van der Waals surface area (Å²) in [4.78, 5) is 15.1. The molecule has 9 heteroatoms. The Balaban J connectivity index is 1.23. The summed E-state index contributed by atoms with van der Waals surface area (Å²) in [6.07, 6.45) is 0. The van der Waals surface area contributed by atoms with Crippen molar-refractivity contribution in [1.29, 1.82) is 0 Å². The van der Waals surface area contributed by atoms with Crippen LogP contribution in [0.1, 0.15) is 27.0 Å². The lowest BCUT2D eigenvalue weighted by Crippen LogP contribution is -2.50. The quantitative estimate of drug-likeness (QED) is 0.388. The molecule has 8 nitrogen and oxygen atoms in total. The van der Waals surface area contributed by atoms with Gasteiger partial charge in [-0.2, -0.15) is 4.31 Å². The molecule has 2 heterocycles. The number of hydrogen-bond donors (Lipinski definition) is 0. The van der Waals surface area contributed by atoms with Crippen LogP contribution in [0.4, 0.5) is 0 Å². The molecule has 1 saturated heterocycles.